The van der Waals surface area contributed by atoms with Crippen LogP contribution < -0.4 is 0 Å². The molecule has 0 aliphatic carbocycles. The number of nitro benzene ring substituents is 1. The highest BCUT2D eigenvalue weighted by Crippen LogP contribution is 2.25. The normalized spacial score (nSPS) is 10.6. The lowest BCUT2D eigenvalue weighted by Crippen LogP contribution is -2.32. The first-order chi connectivity index (χ1) is 17.4. The maximum absolute atomic E-state index is 13.4. The minimum atomic E-state index is -0.990. The molecule has 7 heteroatoms. The molecule has 0 aliphatic rings. The Morgan fingerprint density at radius 1 is 0.778 bits per heavy atom. The van der Waals surface area contributed by atoms with E-state index in [1.54, 1.807) is 29.2 Å². The second kappa shape index (κ2) is 11.1. The molecule has 4 rings (SSSR count). The van der Waals surface area contributed by atoms with Gasteiger partial charge in [0.05, 0.1) is 10.5 Å². The van der Waals surface area contributed by atoms with Gasteiger partial charge in [-0.3, -0.25) is 14.9 Å². The molecule has 4 aromatic carbocycles. The fraction of sp³-hybridized carbons (Fsp3) is 0.103. The summed E-state index contributed by atoms with van der Waals surface area (Å²) < 4.78 is 0. The standard InChI is InChI=1S/C29H24N2O5/c32-28(24-14-16-25(17-15-24)31(35)36)30(19-18-21-6-2-1-3-7-21)20-22-10-12-23(13-11-22)26-8-4-5-9-27(26)29(33)34/h1-17H,18-20H2,(H,33,34). The quantitative estimate of drug-likeness (QED) is 0.239. The highest BCUT2D eigenvalue weighted by atomic mass is 16.6. The highest BCUT2D eigenvalue weighted by molar-refractivity contribution is 5.96. The van der Waals surface area contributed by atoms with E-state index in [9.17, 15) is 24.8 Å². The molecule has 180 valence electrons. The minimum absolute atomic E-state index is 0.0698. The summed E-state index contributed by atoms with van der Waals surface area (Å²) in [6.45, 7) is 0.799. The molecule has 7 nitrogen and oxygen atoms in total. The third-order valence-electron chi connectivity index (χ3n) is 5.92. The van der Waals surface area contributed by atoms with Crippen LogP contribution in [0.4, 0.5) is 5.69 Å². The lowest BCUT2D eigenvalue weighted by Gasteiger charge is -2.23. The molecule has 0 aromatic heterocycles. The molecule has 1 amide bonds. The Morgan fingerprint density at radius 3 is 2.06 bits per heavy atom. The highest BCUT2D eigenvalue weighted by Gasteiger charge is 2.18. The SMILES string of the molecule is O=C(O)c1ccccc1-c1ccc(CN(CCc2ccccc2)C(=O)c2ccc([N+](=O)[O-])cc2)cc1. The van der Waals surface area contributed by atoms with Gasteiger partial charge in [0, 0.05) is 30.8 Å². The molecule has 0 atom stereocenters. The minimum Gasteiger partial charge on any atom is -0.478 e. The fourth-order valence-electron chi connectivity index (χ4n) is 4.00. The molecule has 4 aromatic rings. The molecule has 0 spiro atoms. The van der Waals surface area contributed by atoms with Crippen LogP contribution in [-0.4, -0.2) is 33.4 Å². The average molecular weight is 481 g/mol. The van der Waals surface area contributed by atoms with Gasteiger partial charge >= 0.3 is 5.97 Å². The first-order valence-corrected chi connectivity index (χ1v) is 11.4. The second-order valence-electron chi connectivity index (χ2n) is 8.31. The van der Waals surface area contributed by atoms with Crippen molar-refractivity contribution < 1.29 is 19.6 Å². The average Bonchev–Trinajstić information content (AvgIpc) is 2.91. The van der Waals surface area contributed by atoms with Crippen LogP contribution in [0, 0.1) is 10.1 Å². The summed E-state index contributed by atoms with van der Waals surface area (Å²) in [4.78, 5) is 37.1. The van der Waals surface area contributed by atoms with E-state index in [0.717, 1.165) is 16.7 Å². The molecular weight excluding hydrogens is 456 g/mol. The first kappa shape index (κ1) is 24.3. The zero-order chi connectivity index (χ0) is 25.5. The molecule has 0 heterocycles. The smallest absolute Gasteiger partial charge is 0.336 e. The molecule has 0 saturated heterocycles. The van der Waals surface area contributed by atoms with Crippen LogP contribution in [0.3, 0.4) is 0 Å². The van der Waals surface area contributed by atoms with Crippen molar-refractivity contribution in [2.24, 2.45) is 0 Å². The van der Waals surface area contributed by atoms with Crippen LogP contribution in [0.2, 0.25) is 0 Å². The van der Waals surface area contributed by atoms with Gasteiger partial charge in [-0.1, -0.05) is 72.8 Å². The van der Waals surface area contributed by atoms with Crippen LogP contribution in [-0.2, 0) is 13.0 Å². The van der Waals surface area contributed by atoms with Gasteiger partial charge in [0.15, 0.2) is 0 Å². The molecular formula is C29H24N2O5. The predicted molar refractivity (Wildman–Crippen MR) is 137 cm³/mol. The largest absolute Gasteiger partial charge is 0.478 e. The fourth-order valence-corrected chi connectivity index (χ4v) is 4.00. The van der Waals surface area contributed by atoms with Crippen molar-refractivity contribution in [2.75, 3.05) is 6.54 Å². The first-order valence-electron chi connectivity index (χ1n) is 11.4. The number of aromatic carboxylic acids is 1. The number of carbonyl (C=O) groups is 2. The molecule has 36 heavy (non-hydrogen) atoms. The van der Waals surface area contributed by atoms with Crippen molar-refractivity contribution in [3.63, 3.8) is 0 Å². The van der Waals surface area contributed by atoms with Crippen LogP contribution in [0.1, 0.15) is 31.8 Å². The predicted octanol–water partition coefficient (Wildman–Crippen LogP) is 5.85. The molecule has 0 saturated carbocycles. The molecule has 1 N–H and O–H groups in total. The van der Waals surface area contributed by atoms with E-state index in [-0.39, 0.29) is 17.2 Å². The van der Waals surface area contributed by atoms with Gasteiger partial charge in [0.1, 0.15) is 0 Å². The summed E-state index contributed by atoms with van der Waals surface area (Å²) in [7, 11) is 0. The van der Waals surface area contributed by atoms with E-state index >= 15 is 0 Å². The number of amides is 1. The summed E-state index contributed by atoms with van der Waals surface area (Å²) in [6.07, 6.45) is 0.656. The molecule has 0 aliphatic heterocycles. The third-order valence-corrected chi connectivity index (χ3v) is 5.92. The Hall–Kier alpha value is -4.78. The van der Waals surface area contributed by atoms with Crippen molar-refractivity contribution in [2.45, 2.75) is 13.0 Å². The Bertz CT molecular complexity index is 1370. The maximum atomic E-state index is 13.4. The lowest BCUT2D eigenvalue weighted by atomic mass is 9.98. The lowest BCUT2D eigenvalue weighted by molar-refractivity contribution is -0.384. The number of nitro groups is 1. The summed E-state index contributed by atoms with van der Waals surface area (Å²) in [5.74, 6) is -1.21. The summed E-state index contributed by atoms with van der Waals surface area (Å²) in [6, 6.07) is 29.7. The topological polar surface area (TPSA) is 101 Å². The van der Waals surface area contributed by atoms with Crippen molar-refractivity contribution in [1.29, 1.82) is 0 Å². The zero-order valence-corrected chi connectivity index (χ0v) is 19.4. The van der Waals surface area contributed by atoms with Gasteiger partial charge in [-0.25, -0.2) is 4.79 Å². The maximum Gasteiger partial charge on any atom is 0.336 e. The van der Waals surface area contributed by atoms with Gasteiger partial charge in [-0.2, -0.15) is 0 Å². The van der Waals surface area contributed by atoms with Gasteiger partial charge < -0.3 is 10.0 Å². The number of carboxylic acids is 1. The molecule has 0 fully saturated rings. The van der Waals surface area contributed by atoms with Crippen molar-refractivity contribution in [3.05, 3.63) is 135 Å². The van der Waals surface area contributed by atoms with Crippen LogP contribution in [0.5, 0.6) is 0 Å². The van der Waals surface area contributed by atoms with Crippen LogP contribution in [0.15, 0.2) is 103 Å². The number of non-ortho nitro benzene ring substituents is 1. The monoisotopic (exact) mass is 480 g/mol. The van der Waals surface area contributed by atoms with E-state index in [1.165, 1.54) is 24.3 Å². The number of hydrogen-bond acceptors (Lipinski definition) is 4. The number of carboxylic acid groups (broad SMARTS) is 1. The molecule has 0 bridgehead atoms. The van der Waals surface area contributed by atoms with E-state index in [2.05, 4.69) is 0 Å². The molecule has 0 radical (unpaired) electrons. The zero-order valence-electron chi connectivity index (χ0n) is 19.4. The second-order valence-corrected chi connectivity index (χ2v) is 8.31. The van der Waals surface area contributed by atoms with Gasteiger partial charge in [0.2, 0.25) is 0 Å². The van der Waals surface area contributed by atoms with Crippen LogP contribution >= 0.6 is 0 Å². The summed E-state index contributed by atoms with van der Waals surface area (Å²) >= 11 is 0. The Labute approximate surface area is 208 Å². The summed E-state index contributed by atoms with van der Waals surface area (Å²) in [5.41, 5.74) is 3.91. The number of rotatable bonds is 9. The van der Waals surface area contributed by atoms with Crippen molar-refractivity contribution in [1.82, 2.24) is 4.90 Å². The van der Waals surface area contributed by atoms with Crippen LogP contribution in [0.25, 0.3) is 11.1 Å². The Kier molecular flexibility index (Phi) is 7.51. The van der Waals surface area contributed by atoms with Gasteiger partial charge in [-0.15, -0.1) is 0 Å². The van der Waals surface area contributed by atoms with Gasteiger partial charge in [0.25, 0.3) is 11.6 Å². The number of hydrogen-bond donors (Lipinski definition) is 1. The van der Waals surface area contributed by atoms with E-state index in [4.69, 9.17) is 0 Å². The number of nitrogens with zero attached hydrogens (tertiary/aromatic N) is 2. The summed E-state index contributed by atoms with van der Waals surface area (Å²) in [5, 5.41) is 20.5. The van der Waals surface area contributed by atoms with Crippen molar-refractivity contribution >= 4 is 17.6 Å². The van der Waals surface area contributed by atoms with E-state index in [0.29, 0.717) is 30.6 Å². The molecule has 0 unspecified atom stereocenters. The number of carbonyl (C=O) groups excluding carboxylic acids is 1. The van der Waals surface area contributed by atoms with Crippen molar-refractivity contribution in [3.8, 4) is 11.1 Å². The third kappa shape index (κ3) is 5.82. The van der Waals surface area contributed by atoms with E-state index in [1.807, 2.05) is 54.6 Å². The van der Waals surface area contributed by atoms with Gasteiger partial charge in [-0.05, 0) is 46.9 Å². The number of benzene rings is 4. The van der Waals surface area contributed by atoms with E-state index < -0.39 is 10.9 Å². The Balaban J connectivity index is 1.57. The Morgan fingerprint density at radius 2 is 1.42 bits per heavy atom.